The molecule has 0 aromatic heterocycles. The van der Waals surface area contributed by atoms with Gasteiger partial charge >= 0.3 is 0 Å². The van der Waals surface area contributed by atoms with Gasteiger partial charge in [-0.05, 0) is 24.1 Å². The second kappa shape index (κ2) is 5.16. The summed E-state index contributed by atoms with van der Waals surface area (Å²) in [5, 5.41) is 0. The van der Waals surface area contributed by atoms with Crippen molar-refractivity contribution in [2.75, 3.05) is 33.6 Å². The lowest BCUT2D eigenvalue weighted by molar-refractivity contribution is -0.195. The van der Waals surface area contributed by atoms with E-state index in [4.69, 9.17) is 18.9 Å². The number of rotatable bonds is 3. The molecule has 1 aromatic carbocycles. The number of hydrogen-bond donors (Lipinski definition) is 0. The minimum absolute atomic E-state index is 0.0231. The Kier molecular flexibility index (Phi) is 3.28. The van der Waals surface area contributed by atoms with Gasteiger partial charge in [0.1, 0.15) is 0 Å². The van der Waals surface area contributed by atoms with Crippen LogP contribution >= 0.6 is 0 Å². The van der Waals surface area contributed by atoms with E-state index in [1.54, 1.807) is 7.11 Å². The van der Waals surface area contributed by atoms with Crippen molar-refractivity contribution < 1.29 is 18.9 Å². The normalized spacial score (nSPS) is 26.8. The number of methoxy groups -OCH3 is 1. The molecule has 0 N–H and O–H groups in total. The quantitative estimate of drug-likeness (QED) is 0.849. The van der Waals surface area contributed by atoms with Gasteiger partial charge < -0.3 is 18.9 Å². The van der Waals surface area contributed by atoms with Gasteiger partial charge in [-0.2, -0.15) is 0 Å². The molecule has 4 rings (SSSR count). The number of hydrogen-bond acceptors (Lipinski definition) is 5. The van der Waals surface area contributed by atoms with Crippen LogP contribution in [-0.2, 0) is 16.0 Å². The van der Waals surface area contributed by atoms with Crippen LogP contribution < -0.4 is 9.47 Å². The number of benzene rings is 1. The summed E-state index contributed by atoms with van der Waals surface area (Å²) >= 11 is 0. The third kappa shape index (κ3) is 2.50. The Hall–Kier alpha value is -1.30. The van der Waals surface area contributed by atoms with Crippen molar-refractivity contribution in [2.45, 2.75) is 31.1 Å². The second-order valence-corrected chi connectivity index (χ2v) is 6.21. The van der Waals surface area contributed by atoms with E-state index >= 15 is 0 Å². The van der Waals surface area contributed by atoms with E-state index < -0.39 is 0 Å². The van der Waals surface area contributed by atoms with E-state index in [1.165, 1.54) is 5.56 Å². The fourth-order valence-electron chi connectivity index (χ4n) is 3.58. The molecular formula is C16H21NO4. The van der Waals surface area contributed by atoms with Crippen LogP contribution in [0.5, 0.6) is 11.5 Å². The molecule has 114 valence electrons. The number of fused-ring (bicyclic) bond motifs is 1. The molecule has 0 unspecified atom stereocenters. The van der Waals surface area contributed by atoms with E-state index in [2.05, 4.69) is 17.0 Å². The summed E-state index contributed by atoms with van der Waals surface area (Å²) in [6.07, 6.45) is 2.38. The van der Waals surface area contributed by atoms with Gasteiger partial charge in [0.15, 0.2) is 11.5 Å². The monoisotopic (exact) mass is 291 g/mol. The zero-order valence-electron chi connectivity index (χ0n) is 12.3. The predicted molar refractivity (Wildman–Crippen MR) is 76.6 cm³/mol. The molecule has 21 heavy (non-hydrogen) atoms. The van der Waals surface area contributed by atoms with E-state index in [-0.39, 0.29) is 5.60 Å². The van der Waals surface area contributed by atoms with Gasteiger partial charge in [-0.25, -0.2) is 0 Å². The van der Waals surface area contributed by atoms with Gasteiger partial charge in [-0.15, -0.1) is 0 Å². The summed E-state index contributed by atoms with van der Waals surface area (Å²) in [5.74, 6) is 1.70. The summed E-state index contributed by atoms with van der Waals surface area (Å²) in [5.41, 5.74) is 1.28. The van der Waals surface area contributed by atoms with Crippen LogP contribution in [0.15, 0.2) is 18.2 Å². The number of nitrogens with zero attached hydrogens (tertiary/aromatic N) is 1. The molecule has 1 atom stereocenters. The van der Waals surface area contributed by atoms with Crippen molar-refractivity contribution in [3.63, 3.8) is 0 Å². The smallest absolute Gasteiger partial charge is 0.231 e. The first-order valence-corrected chi connectivity index (χ1v) is 7.54. The Morgan fingerprint density at radius 2 is 2.14 bits per heavy atom. The van der Waals surface area contributed by atoms with Crippen molar-refractivity contribution in [1.82, 2.24) is 4.90 Å². The summed E-state index contributed by atoms with van der Waals surface area (Å²) < 4.78 is 22.3. The van der Waals surface area contributed by atoms with Gasteiger partial charge in [0.05, 0.1) is 11.7 Å². The summed E-state index contributed by atoms with van der Waals surface area (Å²) in [4.78, 5) is 2.41. The molecule has 0 radical (unpaired) electrons. The lowest BCUT2D eigenvalue weighted by Crippen LogP contribution is -2.65. The van der Waals surface area contributed by atoms with Crippen LogP contribution in [0.2, 0.25) is 0 Å². The highest BCUT2D eigenvalue weighted by Gasteiger charge is 2.47. The molecule has 3 aliphatic heterocycles. The van der Waals surface area contributed by atoms with E-state index in [0.29, 0.717) is 12.9 Å². The summed E-state index contributed by atoms with van der Waals surface area (Å²) in [7, 11) is 1.80. The fraction of sp³-hybridized carbons (Fsp3) is 0.625. The van der Waals surface area contributed by atoms with Gasteiger partial charge in [-0.1, -0.05) is 6.07 Å². The van der Waals surface area contributed by atoms with Crippen molar-refractivity contribution in [1.29, 1.82) is 0 Å². The van der Waals surface area contributed by atoms with E-state index in [0.717, 1.165) is 50.6 Å². The lowest BCUT2D eigenvalue weighted by atomic mass is 9.84. The standard InChI is InChI=1S/C16H21NO4/c1-18-13-4-5-21-16(7-13)9-17(10-16)8-12-2-3-14-15(6-12)20-11-19-14/h2-3,6,13H,4-5,7-11H2,1H3/t13-/m0/s1. The molecule has 5 nitrogen and oxygen atoms in total. The molecule has 0 amide bonds. The SMILES string of the molecule is CO[C@H]1CCOC2(C1)CN(Cc1ccc3c(c1)OCO3)C2. The van der Waals surface area contributed by atoms with Crippen molar-refractivity contribution in [2.24, 2.45) is 0 Å². The number of likely N-dealkylation sites (tertiary alicyclic amines) is 1. The van der Waals surface area contributed by atoms with E-state index in [9.17, 15) is 0 Å². The Morgan fingerprint density at radius 1 is 1.29 bits per heavy atom. The largest absolute Gasteiger partial charge is 0.454 e. The van der Waals surface area contributed by atoms with Gasteiger partial charge in [-0.3, -0.25) is 4.90 Å². The molecule has 5 heteroatoms. The van der Waals surface area contributed by atoms with Crippen LogP contribution in [0.1, 0.15) is 18.4 Å². The Morgan fingerprint density at radius 3 is 3.00 bits per heavy atom. The summed E-state index contributed by atoms with van der Waals surface area (Å²) in [6.45, 7) is 4.05. The van der Waals surface area contributed by atoms with Gasteiger partial charge in [0, 0.05) is 39.8 Å². The zero-order chi connectivity index (χ0) is 14.3. The maximum absolute atomic E-state index is 6.01. The van der Waals surface area contributed by atoms with Crippen LogP contribution in [0.4, 0.5) is 0 Å². The minimum Gasteiger partial charge on any atom is -0.454 e. The van der Waals surface area contributed by atoms with Crippen LogP contribution in [0.3, 0.4) is 0 Å². The molecule has 0 aliphatic carbocycles. The summed E-state index contributed by atoms with van der Waals surface area (Å²) in [6, 6.07) is 6.18. The lowest BCUT2D eigenvalue weighted by Gasteiger charge is -2.53. The van der Waals surface area contributed by atoms with E-state index in [1.807, 2.05) is 6.07 Å². The Bertz CT molecular complexity index is 527. The molecule has 1 spiro atoms. The molecule has 0 bridgehead atoms. The first-order valence-electron chi connectivity index (χ1n) is 7.54. The first-order chi connectivity index (χ1) is 10.3. The van der Waals surface area contributed by atoms with Gasteiger partial charge in [0.25, 0.3) is 0 Å². The molecular weight excluding hydrogens is 270 g/mol. The molecule has 1 aromatic rings. The third-order valence-electron chi connectivity index (χ3n) is 4.65. The highest BCUT2D eigenvalue weighted by molar-refractivity contribution is 5.44. The average Bonchev–Trinajstić information content (AvgIpc) is 2.93. The van der Waals surface area contributed by atoms with Crippen LogP contribution in [0, 0.1) is 0 Å². The Labute approximate surface area is 124 Å². The highest BCUT2D eigenvalue weighted by Crippen LogP contribution is 2.37. The minimum atomic E-state index is 0.0231. The topological polar surface area (TPSA) is 40.2 Å². The molecule has 3 heterocycles. The van der Waals surface area contributed by atoms with Crippen molar-refractivity contribution in [3.8, 4) is 11.5 Å². The Balaban J connectivity index is 1.36. The maximum Gasteiger partial charge on any atom is 0.231 e. The molecule has 2 fully saturated rings. The maximum atomic E-state index is 6.01. The predicted octanol–water partition coefficient (Wildman–Crippen LogP) is 1.80. The second-order valence-electron chi connectivity index (χ2n) is 6.21. The van der Waals surface area contributed by atoms with Crippen LogP contribution in [0.25, 0.3) is 0 Å². The first kappa shape index (κ1) is 13.4. The zero-order valence-corrected chi connectivity index (χ0v) is 12.3. The van der Waals surface area contributed by atoms with Crippen LogP contribution in [-0.4, -0.2) is 50.2 Å². The molecule has 0 saturated carbocycles. The fourth-order valence-corrected chi connectivity index (χ4v) is 3.58. The van der Waals surface area contributed by atoms with Crippen molar-refractivity contribution in [3.05, 3.63) is 23.8 Å². The average molecular weight is 291 g/mol. The highest BCUT2D eigenvalue weighted by atomic mass is 16.7. The molecule has 3 aliphatic rings. The van der Waals surface area contributed by atoms with Gasteiger partial charge in [0.2, 0.25) is 6.79 Å². The van der Waals surface area contributed by atoms with Crippen molar-refractivity contribution >= 4 is 0 Å². The number of ether oxygens (including phenoxy) is 4. The molecule has 2 saturated heterocycles. The third-order valence-corrected chi connectivity index (χ3v) is 4.65.